The van der Waals surface area contributed by atoms with Crippen molar-refractivity contribution < 1.29 is 22.8 Å². The van der Waals surface area contributed by atoms with Crippen LogP contribution in [0.2, 0.25) is 0 Å². The van der Waals surface area contributed by atoms with Crippen molar-refractivity contribution in [2.24, 2.45) is 5.92 Å². The second kappa shape index (κ2) is 8.10. The fourth-order valence-electron chi connectivity index (χ4n) is 3.09. The van der Waals surface area contributed by atoms with E-state index in [9.17, 15) is 22.8 Å². The Morgan fingerprint density at radius 3 is 2.19 bits per heavy atom. The predicted octanol–water partition coefficient (Wildman–Crippen LogP) is 3.81. The van der Waals surface area contributed by atoms with Gasteiger partial charge in [-0.05, 0) is 50.5 Å². The van der Waals surface area contributed by atoms with Crippen LogP contribution in [0.5, 0.6) is 0 Å². The summed E-state index contributed by atoms with van der Waals surface area (Å²) in [7, 11) is 1.80. The SMILES string of the molecule is CCC(C)N(C)C(=O)C1CCN(C(=O)c2ccc(C(F)(F)F)cc2)CC1. The summed E-state index contributed by atoms with van der Waals surface area (Å²) in [6.45, 7) is 4.90. The van der Waals surface area contributed by atoms with Crippen molar-refractivity contribution in [3.8, 4) is 0 Å². The molecule has 0 spiro atoms. The number of benzene rings is 1. The summed E-state index contributed by atoms with van der Waals surface area (Å²) in [5, 5.41) is 0. The molecule has 2 amide bonds. The summed E-state index contributed by atoms with van der Waals surface area (Å²) in [5.74, 6) is -0.300. The maximum Gasteiger partial charge on any atom is 0.416 e. The van der Waals surface area contributed by atoms with E-state index < -0.39 is 11.7 Å². The standard InChI is InChI=1S/C19H25F3N2O2/c1-4-13(2)23(3)17(25)15-9-11-24(12-10-15)18(26)14-5-7-16(8-6-14)19(20,21)22/h5-8,13,15H,4,9-12H2,1-3H3. The van der Waals surface area contributed by atoms with Gasteiger partial charge < -0.3 is 9.80 Å². The van der Waals surface area contributed by atoms with Crippen LogP contribution in [-0.2, 0) is 11.0 Å². The van der Waals surface area contributed by atoms with Crippen molar-refractivity contribution in [3.05, 3.63) is 35.4 Å². The molecule has 0 N–H and O–H groups in total. The van der Waals surface area contributed by atoms with Gasteiger partial charge in [0, 0.05) is 37.7 Å². The average Bonchev–Trinajstić information content (AvgIpc) is 2.65. The molecule has 1 fully saturated rings. The highest BCUT2D eigenvalue weighted by atomic mass is 19.4. The van der Waals surface area contributed by atoms with Crippen molar-refractivity contribution in [1.29, 1.82) is 0 Å². The van der Waals surface area contributed by atoms with Crippen LogP contribution in [0.25, 0.3) is 0 Å². The van der Waals surface area contributed by atoms with Crippen LogP contribution < -0.4 is 0 Å². The number of piperidine rings is 1. The third kappa shape index (κ3) is 4.56. The first-order valence-electron chi connectivity index (χ1n) is 8.88. The monoisotopic (exact) mass is 370 g/mol. The Kier molecular flexibility index (Phi) is 6.31. The maximum atomic E-state index is 12.6. The van der Waals surface area contributed by atoms with Crippen LogP contribution in [0, 0.1) is 5.92 Å². The van der Waals surface area contributed by atoms with Crippen molar-refractivity contribution in [2.45, 2.75) is 45.3 Å². The fraction of sp³-hybridized carbons (Fsp3) is 0.579. The molecule has 4 nitrogen and oxygen atoms in total. The van der Waals surface area contributed by atoms with E-state index in [2.05, 4.69) is 0 Å². The second-order valence-corrected chi connectivity index (χ2v) is 6.85. The number of hydrogen-bond donors (Lipinski definition) is 0. The topological polar surface area (TPSA) is 40.6 Å². The Morgan fingerprint density at radius 2 is 1.73 bits per heavy atom. The average molecular weight is 370 g/mol. The van der Waals surface area contributed by atoms with Crippen molar-refractivity contribution in [1.82, 2.24) is 9.80 Å². The van der Waals surface area contributed by atoms with Crippen LogP contribution >= 0.6 is 0 Å². The molecule has 1 aliphatic heterocycles. The van der Waals surface area contributed by atoms with Gasteiger partial charge in [-0.15, -0.1) is 0 Å². The lowest BCUT2D eigenvalue weighted by atomic mass is 9.94. The first-order chi connectivity index (χ1) is 12.1. The third-order valence-corrected chi connectivity index (χ3v) is 5.19. The predicted molar refractivity (Wildman–Crippen MR) is 92.6 cm³/mol. The molecule has 1 atom stereocenters. The van der Waals surface area contributed by atoms with Crippen LogP contribution in [0.15, 0.2) is 24.3 Å². The quantitative estimate of drug-likeness (QED) is 0.809. The van der Waals surface area contributed by atoms with E-state index in [-0.39, 0.29) is 29.3 Å². The Labute approximate surface area is 152 Å². The number of carbonyl (C=O) groups is 2. The largest absolute Gasteiger partial charge is 0.416 e. The molecule has 1 heterocycles. The minimum atomic E-state index is -4.41. The summed E-state index contributed by atoms with van der Waals surface area (Å²) in [6.07, 6.45) is -2.38. The van der Waals surface area contributed by atoms with E-state index in [4.69, 9.17) is 0 Å². The molecule has 1 aromatic carbocycles. The molecular formula is C19H25F3N2O2. The minimum absolute atomic E-state index is 0.0981. The molecule has 1 aliphatic rings. The van der Waals surface area contributed by atoms with Gasteiger partial charge in [-0.1, -0.05) is 6.92 Å². The molecule has 26 heavy (non-hydrogen) atoms. The molecule has 1 aromatic rings. The number of carbonyl (C=O) groups excluding carboxylic acids is 2. The minimum Gasteiger partial charge on any atom is -0.343 e. The molecule has 0 aliphatic carbocycles. The highest BCUT2D eigenvalue weighted by Crippen LogP contribution is 2.29. The van der Waals surface area contributed by atoms with Crippen LogP contribution in [0.1, 0.15) is 49.0 Å². The van der Waals surface area contributed by atoms with Gasteiger partial charge in [0.05, 0.1) is 5.56 Å². The summed E-state index contributed by atoms with van der Waals surface area (Å²) < 4.78 is 37.8. The Balaban J connectivity index is 1.95. The van der Waals surface area contributed by atoms with E-state index in [0.717, 1.165) is 18.6 Å². The van der Waals surface area contributed by atoms with Gasteiger partial charge in [0.15, 0.2) is 0 Å². The first kappa shape index (κ1) is 20.3. The zero-order valence-corrected chi connectivity index (χ0v) is 15.3. The Hall–Kier alpha value is -2.05. The van der Waals surface area contributed by atoms with Crippen LogP contribution in [0.3, 0.4) is 0 Å². The smallest absolute Gasteiger partial charge is 0.343 e. The number of rotatable bonds is 4. The number of alkyl halides is 3. The maximum absolute atomic E-state index is 12.6. The third-order valence-electron chi connectivity index (χ3n) is 5.19. The second-order valence-electron chi connectivity index (χ2n) is 6.85. The van der Waals surface area contributed by atoms with Gasteiger partial charge in [0.2, 0.25) is 5.91 Å². The molecule has 1 unspecified atom stereocenters. The molecule has 7 heteroatoms. The highest BCUT2D eigenvalue weighted by molar-refractivity contribution is 5.94. The lowest BCUT2D eigenvalue weighted by molar-refractivity contribution is -0.138. The van der Waals surface area contributed by atoms with Crippen LogP contribution in [0.4, 0.5) is 13.2 Å². The molecule has 0 bridgehead atoms. The number of amides is 2. The summed E-state index contributed by atoms with van der Waals surface area (Å²) >= 11 is 0. The molecule has 1 saturated heterocycles. The van der Waals surface area contributed by atoms with Gasteiger partial charge in [-0.25, -0.2) is 0 Å². The van der Waals surface area contributed by atoms with Gasteiger partial charge in [-0.2, -0.15) is 13.2 Å². The van der Waals surface area contributed by atoms with Gasteiger partial charge in [0.25, 0.3) is 5.91 Å². The van der Waals surface area contributed by atoms with E-state index in [1.54, 1.807) is 16.8 Å². The summed E-state index contributed by atoms with van der Waals surface area (Å²) in [4.78, 5) is 28.3. The number of halogens is 3. The van der Waals surface area contributed by atoms with E-state index in [1.807, 2.05) is 13.8 Å². The first-order valence-corrected chi connectivity index (χ1v) is 8.88. The molecule has 0 saturated carbocycles. The number of nitrogens with zero attached hydrogens (tertiary/aromatic N) is 2. The van der Waals surface area contributed by atoms with Gasteiger partial charge in [-0.3, -0.25) is 9.59 Å². The zero-order chi connectivity index (χ0) is 19.5. The normalized spacial score (nSPS) is 17.1. The van der Waals surface area contributed by atoms with Crippen LogP contribution in [-0.4, -0.2) is 47.8 Å². The lowest BCUT2D eigenvalue weighted by Gasteiger charge is -2.34. The summed E-state index contributed by atoms with van der Waals surface area (Å²) in [6, 6.07) is 4.43. The van der Waals surface area contributed by atoms with Gasteiger partial charge in [0.1, 0.15) is 0 Å². The van der Waals surface area contributed by atoms with E-state index in [0.29, 0.717) is 25.9 Å². The number of hydrogen-bond acceptors (Lipinski definition) is 2. The van der Waals surface area contributed by atoms with Gasteiger partial charge >= 0.3 is 6.18 Å². The van der Waals surface area contributed by atoms with Crippen molar-refractivity contribution in [3.63, 3.8) is 0 Å². The molecular weight excluding hydrogens is 345 g/mol. The van der Waals surface area contributed by atoms with Crippen molar-refractivity contribution in [2.75, 3.05) is 20.1 Å². The molecule has 0 radical (unpaired) electrons. The van der Waals surface area contributed by atoms with E-state index >= 15 is 0 Å². The summed E-state index contributed by atoms with van der Waals surface area (Å²) in [5.41, 5.74) is -0.536. The van der Waals surface area contributed by atoms with Crippen molar-refractivity contribution >= 4 is 11.8 Å². The Bertz CT molecular complexity index is 635. The molecule has 144 valence electrons. The molecule has 0 aromatic heterocycles. The number of likely N-dealkylation sites (tertiary alicyclic amines) is 1. The van der Waals surface area contributed by atoms with E-state index in [1.165, 1.54) is 12.1 Å². The molecule has 2 rings (SSSR count). The highest BCUT2D eigenvalue weighted by Gasteiger charge is 2.32. The fourth-order valence-corrected chi connectivity index (χ4v) is 3.09. The lowest BCUT2D eigenvalue weighted by Crippen LogP contribution is -2.45. The zero-order valence-electron chi connectivity index (χ0n) is 15.3. The Morgan fingerprint density at radius 1 is 1.19 bits per heavy atom.